The van der Waals surface area contributed by atoms with Crippen molar-refractivity contribution in [2.45, 2.75) is 25.3 Å². The van der Waals surface area contributed by atoms with E-state index in [1.165, 1.54) is 0 Å². The lowest BCUT2D eigenvalue weighted by Gasteiger charge is -2.29. The third-order valence-corrected chi connectivity index (χ3v) is 4.49. The number of hydrogen-bond donors (Lipinski definition) is 1. The summed E-state index contributed by atoms with van der Waals surface area (Å²) in [5.74, 6) is 0.0198. The van der Waals surface area contributed by atoms with Crippen molar-refractivity contribution in [1.82, 2.24) is 10.3 Å². The van der Waals surface area contributed by atoms with Gasteiger partial charge < -0.3 is 5.32 Å². The molecule has 0 saturated heterocycles. The van der Waals surface area contributed by atoms with Gasteiger partial charge >= 0.3 is 0 Å². The van der Waals surface area contributed by atoms with Crippen LogP contribution in [0, 0.1) is 0 Å². The van der Waals surface area contributed by atoms with Crippen LogP contribution in [0.5, 0.6) is 0 Å². The molecule has 2 aromatic carbocycles. The van der Waals surface area contributed by atoms with Crippen molar-refractivity contribution in [3.05, 3.63) is 102 Å². The molecule has 0 bridgehead atoms. The van der Waals surface area contributed by atoms with Gasteiger partial charge in [0, 0.05) is 18.9 Å². The summed E-state index contributed by atoms with van der Waals surface area (Å²) in [5, 5.41) is 3.08. The summed E-state index contributed by atoms with van der Waals surface area (Å²) in [7, 11) is 0. The van der Waals surface area contributed by atoms with Crippen LogP contribution in [-0.4, -0.2) is 10.9 Å². The van der Waals surface area contributed by atoms with Crippen molar-refractivity contribution >= 4 is 5.91 Å². The summed E-state index contributed by atoms with van der Waals surface area (Å²) in [5.41, 5.74) is 2.52. The minimum absolute atomic E-state index is 0.0198. The smallest absolute Gasteiger partial charge is 0.230 e. The lowest BCUT2D eigenvalue weighted by atomic mass is 9.76. The molecule has 1 unspecified atom stereocenters. The molecule has 1 heterocycles. The Labute approximate surface area is 148 Å². The number of aromatic nitrogens is 1. The molecule has 3 heteroatoms. The van der Waals surface area contributed by atoms with Gasteiger partial charge in [0.05, 0.1) is 5.41 Å². The molecule has 25 heavy (non-hydrogen) atoms. The topological polar surface area (TPSA) is 42.0 Å². The predicted molar refractivity (Wildman–Crippen MR) is 100 cm³/mol. The average Bonchev–Trinajstić information content (AvgIpc) is 2.68. The summed E-state index contributed by atoms with van der Waals surface area (Å²) < 4.78 is 0. The molecule has 0 aliphatic heterocycles. The van der Waals surface area contributed by atoms with Crippen molar-refractivity contribution in [3.63, 3.8) is 0 Å². The maximum Gasteiger partial charge on any atom is 0.230 e. The number of nitrogens with zero attached hydrogens (tertiary/aromatic N) is 1. The van der Waals surface area contributed by atoms with E-state index in [1.807, 2.05) is 67.6 Å². The second kappa shape index (κ2) is 7.75. The first-order valence-corrected chi connectivity index (χ1v) is 8.45. The second-order valence-corrected chi connectivity index (χ2v) is 6.40. The molecule has 0 radical (unpaired) electrons. The maximum absolute atomic E-state index is 13.1. The van der Waals surface area contributed by atoms with Crippen LogP contribution in [0.15, 0.2) is 85.2 Å². The highest BCUT2D eigenvalue weighted by atomic mass is 16.2. The Morgan fingerprint density at radius 2 is 1.56 bits per heavy atom. The number of rotatable bonds is 6. The van der Waals surface area contributed by atoms with Gasteiger partial charge in [0.1, 0.15) is 0 Å². The molecule has 3 aromatic rings. The zero-order valence-corrected chi connectivity index (χ0v) is 14.4. The quantitative estimate of drug-likeness (QED) is 0.745. The van der Waals surface area contributed by atoms with Crippen LogP contribution < -0.4 is 5.32 Å². The third-order valence-electron chi connectivity index (χ3n) is 4.49. The molecule has 0 aliphatic carbocycles. The Balaban J connectivity index is 1.84. The van der Waals surface area contributed by atoms with Gasteiger partial charge in [-0.1, -0.05) is 66.7 Å². The molecule has 1 atom stereocenters. The Kier molecular flexibility index (Phi) is 5.24. The minimum atomic E-state index is -0.634. The van der Waals surface area contributed by atoms with Crippen LogP contribution in [0.3, 0.4) is 0 Å². The van der Waals surface area contributed by atoms with E-state index in [0.29, 0.717) is 13.0 Å². The zero-order valence-electron chi connectivity index (χ0n) is 14.4. The lowest BCUT2D eigenvalue weighted by molar-refractivity contribution is -0.126. The monoisotopic (exact) mass is 330 g/mol. The number of pyridine rings is 1. The SMILES string of the molecule is CC(Cc1ccccc1)(C(=O)NCc1cccnc1)c1ccccc1. The molecular weight excluding hydrogens is 308 g/mol. The van der Waals surface area contributed by atoms with Crippen LogP contribution in [0.4, 0.5) is 0 Å². The molecule has 3 nitrogen and oxygen atoms in total. The summed E-state index contributed by atoms with van der Waals surface area (Å²) in [6, 6.07) is 23.9. The van der Waals surface area contributed by atoms with E-state index in [-0.39, 0.29) is 5.91 Å². The van der Waals surface area contributed by atoms with Gasteiger partial charge in [-0.2, -0.15) is 0 Å². The standard InChI is InChI=1S/C22H22N2O/c1-22(20-12-6-3-7-13-20,15-18-9-4-2-5-10-18)21(25)24-17-19-11-8-14-23-16-19/h2-14,16H,15,17H2,1H3,(H,24,25). The van der Waals surface area contributed by atoms with Crippen molar-refractivity contribution < 1.29 is 4.79 Å². The largest absolute Gasteiger partial charge is 0.351 e. The van der Waals surface area contributed by atoms with E-state index in [9.17, 15) is 4.79 Å². The number of carbonyl (C=O) groups is 1. The van der Waals surface area contributed by atoms with Crippen molar-refractivity contribution in [2.75, 3.05) is 0 Å². The third kappa shape index (κ3) is 4.13. The summed E-state index contributed by atoms with van der Waals surface area (Å²) in [4.78, 5) is 17.2. The number of amides is 1. The van der Waals surface area contributed by atoms with Crippen molar-refractivity contribution in [2.24, 2.45) is 0 Å². The van der Waals surface area contributed by atoms with E-state index >= 15 is 0 Å². The number of nitrogens with one attached hydrogen (secondary N) is 1. The Bertz CT molecular complexity index is 803. The highest BCUT2D eigenvalue weighted by Gasteiger charge is 2.35. The van der Waals surface area contributed by atoms with E-state index in [2.05, 4.69) is 22.4 Å². The highest BCUT2D eigenvalue weighted by molar-refractivity contribution is 5.88. The molecular formula is C22H22N2O. The molecule has 3 rings (SSSR count). The Morgan fingerprint density at radius 3 is 2.20 bits per heavy atom. The molecule has 1 aromatic heterocycles. The van der Waals surface area contributed by atoms with Gasteiger partial charge in [0.25, 0.3) is 0 Å². The van der Waals surface area contributed by atoms with Crippen molar-refractivity contribution in [1.29, 1.82) is 0 Å². The van der Waals surface area contributed by atoms with E-state index in [0.717, 1.165) is 16.7 Å². The fourth-order valence-electron chi connectivity index (χ4n) is 3.00. The highest BCUT2D eigenvalue weighted by Crippen LogP contribution is 2.28. The van der Waals surface area contributed by atoms with E-state index in [1.54, 1.807) is 12.4 Å². The summed E-state index contributed by atoms with van der Waals surface area (Å²) >= 11 is 0. The molecule has 1 amide bonds. The van der Waals surface area contributed by atoms with Gasteiger partial charge in [-0.05, 0) is 36.1 Å². The average molecular weight is 330 g/mol. The lowest BCUT2D eigenvalue weighted by Crippen LogP contribution is -2.43. The molecule has 126 valence electrons. The first-order chi connectivity index (χ1) is 12.2. The molecule has 0 saturated carbocycles. The van der Waals surface area contributed by atoms with Crippen LogP contribution in [0.25, 0.3) is 0 Å². The molecule has 0 spiro atoms. The number of benzene rings is 2. The van der Waals surface area contributed by atoms with Gasteiger partial charge in [0.2, 0.25) is 5.91 Å². The summed E-state index contributed by atoms with van der Waals surface area (Å²) in [6.07, 6.45) is 4.16. The second-order valence-electron chi connectivity index (χ2n) is 6.40. The van der Waals surface area contributed by atoms with Crippen LogP contribution in [-0.2, 0) is 23.2 Å². The minimum Gasteiger partial charge on any atom is -0.351 e. The fraction of sp³-hybridized carbons (Fsp3) is 0.182. The number of carbonyl (C=O) groups excluding carboxylic acids is 1. The Hall–Kier alpha value is -2.94. The zero-order chi connectivity index (χ0) is 17.5. The van der Waals surface area contributed by atoms with Crippen LogP contribution in [0.1, 0.15) is 23.6 Å². The summed E-state index contributed by atoms with van der Waals surface area (Å²) in [6.45, 7) is 2.48. The number of hydrogen-bond acceptors (Lipinski definition) is 2. The van der Waals surface area contributed by atoms with E-state index < -0.39 is 5.41 Å². The van der Waals surface area contributed by atoms with E-state index in [4.69, 9.17) is 0 Å². The van der Waals surface area contributed by atoms with Crippen LogP contribution >= 0.6 is 0 Å². The molecule has 1 N–H and O–H groups in total. The Morgan fingerprint density at radius 1 is 0.920 bits per heavy atom. The fourth-order valence-corrected chi connectivity index (χ4v) is 3.00. The van der Waals surface area contributed by atoms with Crippen molar-refractivity contribution in [3.8, 4) is 0 Å². The predicted octanol–water partition coefficient (Wildman–Crippen LogP) is 3.90. The first kappa shape index (κ1) is 16.9. The van der Waals surface area contributed by atoms with Gasteiger partial charge in [-0.25, -0.2) is 0 Å². The molecule has 0 fully saturated rings. The van der Waals surface area contributed by atoms with Gasteiger partial charge in [-0.3, -0.25) is 9.78 Å². The normalized spacial score (nSPS) is 13.0. The van der Waals surface area contributed by atoms with Crippen LogP contribution in [0.2, 0.25) is 0 Å². The van der Waals surface area contributed by atoms with Gasteiger partial charge in [-0.15, -0.1) is 0 Å². The molecule has 0 aliphatic rings. The van der Waals surface area contributed by atoms with Gasteiger partial charge in [0.15, 0.2) is 0 Å². The maximum atomic E-state index is 13.1. The first-order valence-electron chi connectivity index (χ1n) is 8.45.